The predicted molar refractivity (Wildman–Crippen MR) is 101 cm³/mol. The molecule has 1 aromatic carbocycles. The molecular formula is C17H22N4O3S2. The van der Waals surface area contributed by atoms with E-state index in [0.717, 1.165) is 4.90 Å². The van der Waals surface area contributed by atoms with Gasteiger partial charge >= 0.3 is 0 Å². The zero-order valence-electron chi connectivity index (χ0n) is 14.8. The Balaban J connectivity index is 1.75. The summed E-state index contributed by atoms with van der Waals surface area (Å²) in [4.78, 5) is 19.5. The van der Waals surface area contributed by atoms with Gasteiger partial charge in [0, 0.05) is 44.3 Å². The fourth-order valence-corrected chi connectivity index (χ4v) is 5.01. The number of nitrogens with zero attached hydrogens (tertiary/aromatic N) is 4. The summed E-state index contributed by atoms with van der Waals surface area (Å²) in [6.45, 7) is 1.56. The predicted octanol–water partition coefficient (Wildman–Crippen LogP) is 1.68. The molecule has 0 atom stereocenters. The van der Waals surface area contributed by atoms with E-state index in [4.69, 9.17) is 0 Å². The van der Waals surface area contributed by atoms with Gasteiger partial charge in [-0.15, -0.1) is 11.8 Å². The molecule has 0 radical (unpaired) electrons. The molecule has 0 aliphatic carbocycles. The lowest BCUT2D eigenvalue weighted by Gasteiger charge is -2.22. The number of carbonyl (C=O) groups is 1. The quantitative estimate of drug-likeness (QED) is 0.738. The normalized spacial score (nSPS) is 16.5. The number of imidazole rings is 1. The molecule has 3 rings (SSSR count). The molecule has 1 fully saturated rings. The number of hydrogen-bond acceptors (Lipinski definition) is 5. The van der Waals surface area contributed by atoms with Crippen molar-refractivity contribution in [3.63, 3.8) is 0 Å². The first-order valence-corrected chi connectivity index (χ1v) is 11.0. The van der Waals surface area contributed by atoms with Crippen LogP contribution in [0.15, 0.2) is 46.7 Å². The smallest absolute Gasteiger partial charge is 0.262 e. The van der Waals surface area contributed by atoms with Crippen molar-refractivity contribution >= 4 is 27.7 Å². The van der Waals surface area contributed by atoms with E-state index in [1.54, 1.807) is 16.5 Å². The van der Waals surface area contributed by atoms with E-state index in [1.165, 1.54) is 28.6 Å². The summed E-state index contributed by atoms with van der Waals surface area (Å²) in [6, 6.07) is 7.50. The van der Waals surface area contributed by atoms with Crippen molar-refractivity contribution in [3.8, 4) is 0 Å². The van der Waals surface area contributed by atoms with Crippen LogP contribution in [0.2, 0.25) is 0 Å². The van der Waals surface area contributed by atoms with Crippen molar-refractivity contribution in [2.24, 2.45) is 7.05 Å². The zero-order valence-corrected chi connectivity index (χ0v) is 16.5. The molecule has 9 heteroatoms. The second-order valence-corrected chi connectivity index (χ2v) is 8.86. The van der Waals surface area contributed by atoms with Crippen LogP contribution in [0.5, 0.6) is 0 Å². The van der Waals surface area contributed by atoms with Gasteiger partial charge in [-0.3, -0.25) is 4.79 Å². The standard InChI is InChI=1S/C17H22N4O3S2/c1-19-12-16(18-13-19)26(23,24)21-9-5-8-20(10-11-21)17(22)14-6-3-4-7-15(14)25-2/h3-4,6-7,12-13H,5,8-11H2,1-2H3. The maximum atomic E-state index is 12.9. The number of thioether (sulfide) groups is 1. The lowest BCUT2D eigenvalue weighted by Crippen LogP contribution is -2.37. The lowest BCUT2D eigenvalue weighted by molar-refractivity contribution is 0.0761. The van der Waals surface area contributed by atoms with Crippen LogP contribution in [0.4, 0.5) is 0 Å². The van der Waals surface area contributed by atoms with E-state index >= 15 is 0 Å². The Bertz CT molecular complexity index is 895. The van der Waals surface area contributed by atoms with Crippen LogP contribution >= 0.6 is 11.8 Å². The molecule has 26 heavy (non-hydrogen) atoms. The summed E-state index contributed by atoms with van der Waals surface area (Å²) in [6.07, 6.45) is 5.51. The number of amides is 1. The Morgan fingerprint density at radius 1 is 1.15 bits per heavy atom. The Morgan fingerprint density at radius 2 is 1.92 bits per heavy atom. The van der Waals surface area contributed by atoms with Crippen molar-refractivity contribution in [2.75, 3.05) is 32.4 Å². The van der Waals surface area contributed by atoms with Gasteiger partial charge in [-0.25, -0.2) is 13.4 Å². The average molecular weight is 395 g/mol. The number of sulfonamides is 1. The number of aryl methyl sites for hydroxylation is 1. The Kier molecular flexibility index (Phi) is 5.69. The van der Waals surface area contributed by atoms with Crippen molar-refractivity contribution in [1.29, 1.82) is 0 Å². The minimum absolute atomic E-state index is 0.0486. The molecule has 1 aliphatic rings. The first-order chi connectivity index (χ1) is 12.4. The second kappa shape index (κ2) is 7.81. The van der Waals surface area contributed by atoms with E-state index in [2.05, 4.69) is 4.98 Å². The molecule has 0 saturated carbocycles. The van der Waals surface area contributed by atoms with Gasteiger partial charge in [0.2, 0.25) is 0 Å². The van der Waals surface area contributed by atoms with E-state index in [-0.39, 0.29) is 17.5 Å². The Hall–Kier alpha value is -1.84. The summed E-state index contributed by atoms with van der Waals surface area (Å²) in [5, 5.41) is 0.0486. The molecule has 1 aliphatic heterocycles. The molecule has 1 amide bonds. The third-order valence-corrected chi connectivity index (χ3v) is 6.95. The van der Waals surface area contributed by atoms with Crippen LogP contribution in [-0.4, -0.2) is 65.5 Å². The minimum atomic E-state index is -3.63. The van der Waals surface area contributed by atoms with Crippen LogP contribution in [0.1, 0.15) is 16.8 Å². The number of benzene rings is 1. The molecule has 2 aromatic rings. The monoisotopic (exact) mass is 394 g/mol. The maximum Gasteiger partial charge on any atom is 0.262 e. The van der Waals surface area contributed by atoms with Gasteiger partial charge < -0.3 is 9.47 Å². The van der Waals surface area contributed by atoms with Crippen molar-refractivity contribution in [3.05, 3.63) is 42.4 Å². The van der Waals surface area contributed by atoms with Crippen LogP contribution in [0.3, 0.4) is 0 Å². The van der Waals surface area contributed by atoms with E-state index in [0.29, 0.717) is 31.6 Å². The highest BCUT2D eigenvalue weighted by Gasteiger charge is 2.30. The third-order valence-electron chi connectivity index (χ3n) is 4.36. The van der Waals surface area contributed by atoms with Gasteiger partial charge in [-0.05, 0) is 24.8 Å². The topological polar surface area (TPSA) is 75.5 Å². The molecular weight excluding hydrogens is 372 g/mol. The molecule has 140 valence electrons. The van der Waals surface area contributed by atoms with E-state index in [9.17, 15) is 13.2 Å². The molecule has 0 N–H and O–H groups in total. The molecule has 7 nitrogen and oxygen atoms in total. The SMILES string of the molecule is CSc1ccccc1C(=O)N1CCCN(S(=O)(=O)c2cn(C)cn2)CC1. The first kappa shape index (κ1) is 18.9. The van der Waals surface area contributed by atoms with Gasteiger partial charge in [0.1, 0.15) is 0 Å². The summed E-state index contributed by atoms with van der Waals surface area (Å²) in [5.74, 6) is -0.0490. The molecule has 0 unspecified atom stereocenters. The van der Waals surface area contributed by atoms with Crippen LogP contribution in [0.25, 0.3) is 0 Å². The van der Waals surface area contributed by atoms with Crippen molar-refractivity contribution < 1.29 is 13.2 Å². The van der Waals surface area contributed by atoms with Crippen molar-refractivity contribution in [2.45, 2.75) is 16.3 Å². The summed E-state index contributed by atoms with van der Waals surface area (Å²) >= 11 is 1.53. The number of aromatic nitrogens is 2. The summed E-state index contributed by atoms with van der Waals surface area (Å²) in [7, 11) is -1.90. The van der Waals surface area contributed by atoms with Crippen LogP contribution < -0.4 is 0 Å². The van der Waals surface area contributed by atoms with Gasteiger partial charge in [0.15, 0.2) is 5.03 Å². The van der Waals surface area contributed by atoms with E-state index in [1.807, 2.05) is 30.5 Å². The number of hydrogen-bond donors (Lipinski definition) is 0. The van der Waals surface area contributed by atoms with Gasteiger partial charge in [0.05, 0.1) is 11.9 Å². The molecule has 1 saturated heterocycles. The fraction of sp³-hybridized carbons (Fsp3) is 0.412. The van der Waals surface area contributed by atoms with Gasteiger partial charge in [0.25, 0.3) is 15.9 Å². The summed E-state index contributed by atoms with van der Waals surface area (Å²) < 4.78 is 28.5. The number of carbonyl (C=O) groups excluding carboxylic acids is 1. The Morgan fingerprint density at radius 3 is 2.62 bits per heavy atom. The first-order valence-electron chi connectivity index (χ1n) is 8.34. The zero-order chi connectivity index (χ0) is 18.7. The van der Waals surface area contributed by atoms with Crippen LogP contribution in [-0.2, 0) is 17.1 Å². The van der Waals surface area contributed by atoms with Crippen LogP contribution in [0, 0.1) is 0 Å². The third kappa shape index (κ3) is 3.79. The highest BCUT2D eigenvalue weighted by atomic mass is 32.2. The van der Waals surface area contributed by atoms with E-state index < -0.39 is 10.0 Å². The highest BCUT2D eigenvalue weighted by Crippen LogP contribution is 2.22. The fourth-order valence-electron chi connectivity index (χ4n) is 2.98. The molecule has 0 bridgehead atoms. The van der Waals surface area contributed by atoms with Gasteiger partial charge in [-0.1, -0.05) is 12.1 Å². The molecule has 0 spiro atoms. The Labute approximate surface area is 158 Å². The van der Waals surface area contributed by atoms with Crippen molar-refractivity contribution in [1.82, 2.24) is 18.8 Å². The largest absolute Gasteiger partial charge is 0.339 e. The number of rotatable bonds is 4. The summed E-state index contributed by atoms with van der Waals surface area (Å²) in [5.41, 5.74) is 0.668. The molecule has 1 aromatic heterocycles. The lowest BCUT2D eigenvalue weighted by atomic mass is 10.2. The highest BCUT2D eigenvalue weighted by molar-refractivity contribution is 7.98. The molecule has 2 heterocycles. The maximum absolute atomic E-state index is 12.9. The second-order valence-electron chi connectivity index (χ2n) is 6.13. The minimum Gasteiger partial charge on any atom is -0.339 e. The van der Waals surface area contributed by atoms with Gasteiger partial charge in [-0.2, -0.15) is 4.31 Å². The average Bonchev–Trinajstić information content (AvgIpc) is 2.93.